The summed E-state index contributed by atoms with van der Waals surface area (Å²) in [7, 11) is 0. The molecule has 1 aliphatic heterocycles. The van der Waals surface area contributed by atoms with Crippen LogP contribution in [0.25, 0.3) is 0 Å². The third-order valence-corrected chi connectivity index (χ3v) is 5.64. The normalized spacial score (nSPS) is 15.5. The van der Waals surface area contributed by atoms with Crippen molar-refractivity contribution >= 4 is 29.7 Å². The molecule has 1 saturated heterocycles. The molecule has 1 aliphatic rings. The fourth-order valence-electron chi connectivity index (χ4n) is 3.25. The van der Waals surface area contributed by atoms with Gasteiger partial charge in [-0.1, -0.05) is 6.92 Å². The van der Waals surface area contributed by atoms with E-state index in [4.69, 9.17) is 0 Å². The minimum Gasteiger partial charge on any atom is -0.343 e. The SMILES string of the molecule is CCNCC1CCN(C(=O)CCCc2cc(C)sc2C)CC1.Cl. The van der Waals surface area contributed by atoms with Crippen LogP contribution in [0.2, 0.25) is 0 Å². The highest BCUT2D eigenvalue weighted by atomic mass is 35.5. The molecule has 2 rings (SSSR count). The standard InChI is InChI=1S/C18H30N2OS.ClH/c1-4-19-13-16-8-10-20(11-9-16)18(21)7-5-6-17-12-14(2)22-15(17)3;/h12,16,19H,4-11,13H2,1-3H3;1H. The first kappa shape index (κ1) is 20.5. The van der Waals surface area contributed by atoms with Crippen LogP contribution in [0.15, 0.2) is 6.07 Å². The Hall–Kier alpha value is -0.580. The maximum Gasteiger partial charge on any atom is 0.222 e. The molecule has 1 aromatic heterocycles. The van der Waals surface area contributed by atoms with Crippen LogP contribution < -0.4 is 5.32 Å². The molecule has 0 bridgehead atoms. The fraction of sp³-hybridized carbons (Fsp3) is 0.722. The van der Waals surface area contributed by atoms with Gasteiger partial charge in [0.05, 0.1) is 0 Å². The van der Waals surface area contributed by atoms with Gasteiger partial charge in [-0.2, -0.15) is 0 Å². The van der Waals surface area contributed by atoms with E-state index >= 15 is 0 Å². The Kier molecular flexibility index (Phi) is 9.18. The Morgan fingerprint density at radius 2 is 2.04 bits per heavy atom. The Bertz CT molecular complexity index is 481. The van der Waals surface area contributed by atoms with Gasteiger partial charge in [-0.3, -0.25) is 4.79 Å². The number of rotatable bonds is 7. The molecule has 0 saturated carbocycles. The molecule has 1 amide bonds. The van der Waals surface area contributed by atoms with E-state index in [2.05, 4.69) is 37.1 Å². The molecule has 1 N–H and O–H groups in total. The number of nitrogens with zero attached hydrogens (tertiary/aromatic N) is 1. The summed E-state index contributed by atoms with van der Waals surface area (Å²) in [6.45, 7) is 10.5. The number of amides is 1. The smallest absolute Gasteiger partial charge is 0.222 e. The van der Waals surface area contributed by atoms with Crippen molar-refractivity contribution in [1.82, 2.24) is 10.2 Å². The molecule has 1 aromatic rings. The second kappa shape index (κ2) is 10.3. The van der Waals surface area contributed by atoms with Gasteiger partial charge in [0.1, 0.15) is 0 Å². The molecular formula is C18H31ClN2OS. The number of hydrogen-bond donors (Lipinski definition) is 1. The van der Waals surface area contributed by atoms with Gasteiger partial charge in [0.25, 0.3) is 0 Å². The van der Waals surface area contributed by atoms with Crippen LogP contribution in [0.5, 0.6) is 0 Å². The highest BCUT2D eigenvalue weighted by Crippen LogP contribution is 2.23. The number of carbonyl (C=O) groups excluding carboxylic acids is 1. The van der Waals surface area contributed by atoms with Crippen molar-refractivity contribution in [3.63, 3.8) is 0 Å². The van der Waals surface area contributed by atoms with Crippen molar-refractivity contribution < 1.29 is 4.79 Å². The maximum atomic E-state index is 12.3. The van der Waals surface area contributed by atoms with E-state index in [1.54, 1.807) is 0 Å². The molecular weight excluding hydrogens is 328 g/mol. The summed E-state index contributed by atoms with van der Waals surface area (Å²) < 4.78 is 0. The first-order valence-corrected chi connectivity index (χ1v) is 9.46. The zero-order valence-electron chi connectivity index (χ0n) is 14.7. The van der Waals surface area contributed by atoms with Gasteiger partial charge in [0, 0.05) is 29.3 Å². The van der Waals surface area contributed by atoms with Gasteiger partial charge < -0.3 is 10.2 Å². The lowest BCUT2D eigenvalue weighted by atomic mass is 9.96. The van der Waals surface area contributed by atoms with Gasteiger partial charge >= 0.3 is 0 Å². The second-order valence-corrected chi connectivity index (χ2v) is 7.88. The molecule has 0 aliphatic carbocycles. The minimum absolute atomic E-state index is 0. The predicted octanol–water partition coefficient (Wildman–Crippen LogP) is 3.96. The van der Waals surface area contributed by atoms with E-state index in [1.165, 1.54) is 15.3 Å². The molecule has 132 valence electrons. The quantitative estimate of drug-likeness (QED) is 0.800. The second-order valence-electron chi connectivity index (χ2n) is 6.42. The van der Waals surface area contributed by atoms with Crippen molar-refractivity contribution in [3.8, 4) is 0 Å². The van der Waals surface area contributed by atoms with Crippen molar-refractivity contribution in [2.75, 3.05) is 26.2 Å². The molecule has 0 unspecified atom stereocenters. The molecule has 0 spiro atoms. The third kappa shape index (κ3) is 6.44. The number of thiophene rings is 1. The molecule has 23 heavy (non-hydrogen) atoms. The van der Waals surface area contributed by atoms with E-state index in [0.717, 1.165) is 57.8 Å². The first-order valence-electron chi connectivity index (χ1n) is 8.64. The lowest BCUT2D eigenvalue weighted by molar-refractivity contribution is -0.132. The summed E-state index contributed by atoms with van der Waals surface area (Å²) in [6.07, 6.45) is 5.03. The molecule has 0 radical (unpaired) electrons. The summed E-state index contributed by atoms with van der Waals surface area (Å²) in [6, 6.07) is 2.27. The van der Waals surface area contributed by atoms with Gasteiger partial charge in [-0.05, 0) is 70.2 Å². The predicted molar refractivity (Wildman–Crippen MR) is 102 cm³/mol. The van der Waals surface area contributed by atoms with E-state index in [9.17, 15) is 4.79 Å². The average Bonchev–Trinajstić information content (AvgIpc) is 2.83. The summed E-state index contributed by atoms with van der Waals surface area (Å²) in [5, 5.41) is 3.42. The van der Waals surface area contributed by atoms with Crippen LogP contribution in [0, 0.1) is 19.8 Å². The Morgan fingerprint density at radius 1 is 1.35 bits per heavy atom. The highest BCUT2D eigenvalue weighted by Gasteiger charge is 2.22. The monoisotopic (exact) mass is 358 g/mol. The average molecular weight is 359 g/mol. The van der Waals surface area contributed by atoms with Crippen molar-refractivity contribution in [2.45, 2.75) is 52.9 Å². The zero-order valence-corrected chi connectivity index (χ0v) is 16.3. The third-order valence-electron chi connectivity index (χ3n) is 4.63. The first-order chi connectivity index (χ1) is 10.6. The lowest BCUT2D eigenvalue weighted by Crippen LogP contribution is -2.40. The number of likely N-dealkylation sites (tertiary alicyclic amines) is 1. The van der Waals surface area contributed by atoms with E-state index < -0.39 is 0 Å². The molecule has 2 heterocycles. The van der Waals surface area contributed by atoms with Gasteiger partial charge in [0.2, 0.25) is 5.91 Å². The largest absolute Gasteiger partial charge is 0.343 e. The Labute approximate surface area is 151 Å². The summed E-state index contributed by atoms with van der Waals surface area (Å²) in [5.74, 6) is 1.10. The minimum atomic E-state index is 0. The molecule has 0 atom stereocenters. The van der Waals surface area contributed by atoms with Crippen LogP contribution in [-0.2, 0) is 11.2 Å². The van der Waals surface area contributed by atoms with E-state index in [1.807, 2.05) is 11.3 Å². The van der Waals surface area contributed by atoms with Crippen LogP contribution in [-0.4, -0.2) is 37.0 Å². The summed E-state index contributed by atoms with van der Waals surface area (Å²) in [5.41, 5.74) is 1.43. The molecule has 1 fully saturated rings. The summed E-state index contributed by atoms with van der Waals surface area (Å²) >= 11 is 1.86. The van der Waals surface area contributed by atoms with Gasteiger partial charge in [-0.15, -0.1) is 23.7 Å². The summed E-state index contributed by atoms with van der Waals surface area (Å²) in [4.78, 5) is 17.2. The van der Waals surface area contributed by atoms with Crippen molar-refractivity contribution in [2.24, 2.45) is 5.92 Å². The van der Waals surface area contributed by atoms with E-state index in [-0.39, 0.29) is 12.4 Å². The van der Waals surface area contributed by atoms with Gasteiger partial charge in [-0.25, -0.2) is 0 Å². The topological polar surface area (TPSA) is 32.3 Å². The lowest BCUT2D eigenvalue weighted by Gasteiger charge is -2.32. The fourth-order valence-corrected chi connectivity index (χ4v) is 4.23. The number of nitrogens with one attached hydrogen (secondary N) is 1. The number of piperidine rings is 1. The number of carbonyl (C=O) groups is 1. The number of halogens is 1. The molecule has 0 aromatic carbocycles. The highest BCUT2D eigenvalue weighted by molar-refractivity contribution is 7.12. The number of aryl methyl sites for hydroxylation is 3. The Balaban J connectivity index is 0.00000264. The Morgan fingerprint density at radius 3 is 2.61 bits per heavy atom. The zero-order chi connectivity index (χ0) is 15.9. The molecule has 5 heteroatoms. The van der Waals surface area contributed by atoms with Crippen molar-refractivity contribution in [3.05, 3.63) is 21.4 Å². The van der Waals surface area contributed by atoms with Crippen LogP contribution in [0.4, 0.5) is 0 Å². The van der Waals surface area contributed by atoms with Crippen molar-refractivity contribution in [1.29, 1.82) is 0 Å². The number of hydrogen-bond acceptors (Lipinski definition) is 3. The van der Waals surface area contributed by atoms with E-state index in [0.29, 0.717) is 12.3 Å². The van der Waals surface area contributed by atoms with Crippen LogP contribution in [0.1, 0.15) is 47.9 Å². The maximum absolute atomic E-state index is 12.3. The molecule has 3 nitrogen and oxygen atoms in total. The van der Waals surface area contributed by atoms with Crippen LogP contribution >= 0.6 is 23.7 Å². The van der Waals surface area contributed by atoms with Crippen LogP contribution in [0.3, 0.4) is 0 Å². The van der Waals surface area contributed by atoms with Gasteiger partial charge in [0.15, 0.2) is 0 Å².